The van der Waals surface area contributed by atoms with Gasteiger partial charge in [-0.05, 0) is 24.5 Å². The lowest BCUT2D eigenvalue weighted by molar-refractivity contribution is 0.206. The number of nitrogens with zero attached hydrogens (tertiary/aromatic N) is 5. The van der Waals surface area contributed by atoms with E-state index in [1.807, 2.05) is 18.3 Å². The molecule has 0 bridgehead atoms. The number of hydrogen-bond acceptors (Lipinski definition) is 5. The van der Waals surface area contributed by atoms with Gasteiger partial charge in [0.1, 0.15) is 0 Å². The summed E-state index contributed by atoms with van der Waals surface area (Å²) in [6, 6.07) is 3.88. The predicted molar refractivity (Wildman–Crippen MR) is 81.0 cm³/mol. The number of carbonyl (C=O) groups excluding carboxylic acids is 1. The van der Waals surface area contributed by atoms with Crippen molar-refractivity contribution in [1.29, 1.82) is 0 Å². The van der Waals surface area contributed by atoms with Crippen LogP contribution in [0.3, 0.4) is 0 Å². The largest absolute Gasteiger partial charge is 0.338 e. The molecule has 0 aliphatic carbocycles. The number of rotatable bonds is 7. The molecule has 0 aliphatic rings. The molecule has 2 amide bonds. The first-order valence-electron chi connectivity index (χ1n) is 7.34. The number of amides is 2. The molecule has 0 spiro atoms. The zero-order valence-electron chi connectivity index (χ0n) is 12.9. The van der Waals surface area contributed by atoms with Crippen LogP contribution in [0.15, 0.2) is 18.3 Å². The molecule has 0 aliphatic heterocycles. The van der Waals surface area contributed by atoms with Crippen molar-refractivity contribution in [2.24, 2.45) is 0 Å². The van der Waals surface area contributed by atoms with Gasteiger partial charge in [-0.15, -0.1) is 10.2 Å². The Labute approximate surface area is 129 Å². The molecule has 2 aromatic rings. The van der Waals surface area contributed by atoms with E-state index in [1.165, 1.54) is 5.56 Å². The van der Waals surface area contributed by atoms with E-state index >= 15 is 0 Å². The molecule has 0 radical (unpaired) electrons. The Hall–Kier alpha value is -2.51. The number of carbonyl (C=O) groups is 1. The van der Waals surface area contributed by atoms with E-state index in [4.69, 9.17) is 0 Å². The second-order valence-electron chi connectivity index (χ2n) is 5.03. The zero-order chi connectivity index (χ0) is 15.8. The van der Waals surface area contributed by atoms with Crippen LogP contribution in [0.1, 0.15) is 30.4 Å². The summed E-state index contributed by atoms with van der Waals surface area (Å²) in [6.07, 6.45) is 4.26. The van der Waals surface area contributed by atoms with Gasteiger partial charge in [0.25, 0.3) is 0 Å². The summed E-state index contributed by atoms with van der Waals surface area (Å²) in [5, 5.41) is 16.5. The Morgan fingerprint density at radius 1 is 1.41 bits per heavy atom. The quantitative estimate of drug-likeness (QED) is 0.741. The van der Waals surface area contributed by atoms with E-state index in [0.29, 0.717) is 25.3 Å². The van der Waals surface area contributed by atoms with E-state index in [-0.39, 0.29) is 6.03 Å². The first kappa shape index (κ1) is 15.9. The van der Waals surface area contributed by atoms with Crippen LogP contribution in [0.5, 0.6) is 0 Å². The van der Waals surface area contributed by atoms with Gasteiger partial charge in [0.15, 0.2) is 5.82 Å². The summed E-state index contributed by atoms with van der Waals surface area (Å²) in [7, 11) is 1.75. The van der Waals surface area contributed by atoms with Gasteiger partial charge in [-0.3, -0.25) is 4.98 Å². The van der Waals surface area contributed by atoms with Crippen molar-refractivity contribution in [1.82, 2.24) is 35.8 Å². The van der Waals surface area contributed by atoms with Crippen molar-refractivity contribution in [3.63, 3.8) is 0 Å². The lowest BCUT2D eigenvalue weighted by atomic mass is 10.2. The van der Waals surface area contributed by atoms with Crippen LogP contribution in [0, 0.1) is 0 Å². The van der Waals surface area contributed by atoms with Crippen molar-refractivity contribution in [3.8, 4) is 0 Å². The highest BCUT2D eigenvalue weighted by Crippen LogP contribution is 2.03. The van der Waals surface area contributed by atoms with Crippen molar-refractivity contribution < 1.29 is 4.79 Å². The van der Waals surface area contributed by atoms with E-state index in [2.05, 4.69) is 37.8 Å². The highest BCUT2D eigenvalue weighted by atomic mass is 16.2. The highest BCUT2D eigenvalue weighted by Gasteiger charge is 2.09. The standard InChI is InChI=1S/C14H21N7O/c1-3-11-6-7-12(16-9-11)10-21(2)14(22)15-8-4-5-13-17-19-20-18-13/h6-7,9H,3-5,8,10H2,1-2H3,(H,15,22)(H,17,18,19,20). The van der Waals surface area contributed by atoms with E-state index in [0.717, 1.165) is 18.5 Å². The Morgan fingerprint density at radius 3 is 2.91 bits per heavy atom. The smallest absolute Gasteiger partial charge is 0.317 e. The maximum atomic E-state index is 12.0. The average molecular weight is 303 g/mol. The second kappa shape index (κ2) is 8.06. The number of H-pyrrole nitrogens is 1. The third kappa shape index (κ3) is 4.80. The van der Waals surface area contributed by atoms with Gasteiger partial charge in [0.05, 0.1) is 12.2 Å². The first-order valence-corrected chi connectivity index (χ1v) is 7.34. The second-order valence-corrected chi connectivity index (χ2v) is 5.03. The zero-order valence-corrected chi connectivity index (χ0v) is 12.9. The van der Waals surface area contributed by atoms with Gasteiger partial charge < -0.3 is 10.2 Å². The van der Waals surface area contributed by atoms with Crippen molar-refractivity contribution in [3.05, 3.63) is 35.4 Å². The van der Waals surface area contributed by atoms with Crippen LogP contribution in [0.4, 0.5) is 4.79 Å². The van der Waals surface area contributed by atoms with Crippen molar-refractivity contribution in [2.45, 2.75) is 32.7 Å². The fourth-order valence-electron chi connectivity index (χ4n) is 1.94. The molecule has 2 rings (SSSR count). The molecule has 2 N–H and O–H groups in total. The molecule has 0 unspecified atom stereocenters. The van der Waals surface area contributed by atoms with E-state index < -0.39 is 0 Å². The van der Waals surface area contributed by atoms with Crippen LogP contribution < -0.4 is 5.32 Å². The minimum Gasteiger partial charge on any atom is -0.338 e. The molecule has 22 heavy (non-hydrogen) atoms. The summed E-state index contributed by atoms with van der Waals surface area (Å²) in [4.78, 5) is 17.9. The maximum absolute atomic E-state index is 12.0. The summed E-state index contributed by atoms with van der Waals surface area (Å²) in [5.74, 6) is 0.655. The Morgan fingerprint density at radius 2 is 2.27 bits per heavy atom. The van der Waals surface area contributed by atoms with Crippen molar-refractivity contribution in [2.75, 3.05) is 13.6 Å². The summed E-state index contributed by atoms with van der Waals surface area (Å²) in [5.41, 5.74) is 2.07. The fourth-order valence-corrected chi connectivity index (χ4v) is 1.94. The first-order chi connectivity index (χ1) is 10.7. The topological polar surface area (TPSA) is 99.7 Å². The third-order valence-electron chi connectivity index (χ3n) is 3.28. The van der Waals surface area contributed by atoms with Gasteiger partial charge in [-0.25, -0.2) is 4.79 Å². The van der Waals surface area contributed by atoms with Gasteiger partial charge in [-0.2, -0.15) is 5.21 Å². The SMILES string of the molecule is CCc1ccc(CN(C)C(=O)NCCCc2nn[nH]n2)nc1. The van der Waals surface area contributed by atoms with Crippen LogP contribution in [-0.2, 0) is 19.4 Å². The molecule has 0 saturated carbocycles. The monoisotopic (exact) mass is 303 g/mol. The molecule has 118 valence electrons. The number of aromatic nitrogens is 5. The molecule has 0 atom stereocenters. The molecular weight excluding hydrogens is 282 g/mol. The third-order valence-corrected chi connectivity index (χ3v) is 3.28. The average Bonchev–Trinajstić information content (AvgIpc) is 3.05. The van der Waals surface area contributed by atoms with Gasteiger partial charge >= 0.3 is 6.03 Å². The lowest BCUT2D eigenvalue weighted by Gasteiger charge is -2.17. The number of nitrogens with one attached hydrogen (secondary N) is 2. The Kier molecular flexibility index (Phi) is 5.81. The van der Waals surface area contributed by atoms with Gasteiger partial charge in [-0.1, -0.05) is 18.2 Å². The molecule has 2 aromatic heterocycles. The van der Waals surface area contributed by atoms with Crippen LogP contribution in [0.2, 0.25) is 0 Å². The maximum Gasteiger partial charge on any atom is 0.317 e. The molecule has 0 saturated heterocycles. The summed E-state index contributed by atoms with van der Waals surface area (Å²) >= 11 is 0. The number of urea groups is 1. The Bertz CT molecular complexity index is 567. The van der Waals surface area contributed by atoms with Gasteiger partial charge in [0, 0.05) is 26.2 Å². The molecule has 8 heteroatoms. The molecule has 0 fully saturated rings. The molecule has 2 heterocycles. The van der Waals surface area contributed by atoms with Crippen LogP contribution >= 0.6 is 0 Å². The van der Waals surface area contributed by atoms with E-state index in [1.54, 1.807) is 11.9 Å². The normalized spacial score (nSPS) is 10.5. The summed E-state index contributed by atoms with van der Waals surface area (Å²) in [6.45, 7) is 3.14. The number of aryl methyl sites for hydroxylation is 2. The predicted octanol–water partition coefficient (Wildman–Crippen LogP) is 0.931. The molecular formula is C14H21N7O. The fraction of sp³-hybridized carbons (Fsp3) is 0.500. The van der Waals surface area contributed by atoms with Crippen LogP contribution in [0.25, 0.3) is 0 Å². The van der Waals surface area contributed by atoms with Crippen LogP contribution in [-0.4, -0.2) is 50.1 Å². The summed E-state index contributed by atoms with van der Waals surface area (Å²) < 4.78 is 0. The number of aromatic amines is 1. The van der Waals surface area contributed by atoms with Crippen molar-refractivity contribution >= 4 is 6.03 Å². The number of tetrazole rings is 1. The minimum absolute atomic E-state index is 0.116. The number of hydrogen-bond donors (Lipinski definition) is 2. The number of pyridine rings is 1. The van der Waals surface area contributed by atoms with E-state index in [9.17, 15) is 4.79 Å². The molecule has 0 aromatic carbocycles. The lowest BCUT2D eigenvalue weighted by Crippen LogP contribution is -2.37. The molecule has 8 nitrogen and oxygen atoms in total. The van der Waals surface area contributed by atoms with Gasteiger partial charge in [0.2, 0.25) is 0 Å². The minimum atomic E-state index is -0.116. The Balaban J connectivity index is 1.69. The highest BCUT2D eigenvalue weighted by molar-refractivity contribution is 5.73.